The van der Waals surface area contributed by atoms with Crippen LogP contribution in [-0.4, -0.2) is 36.1 Å². The first-order valence-electron chi connectivity index (χ1n) is 10.7. The Labute approximate surface area is 205 Å². The summed E-state index contributed by atoms with van der Waals surface area (Å²) in [4.78, 5) is 12.9. The number of nitrogens with one attached hydrogen (secondary N) is 2. The number of aryl methyl sites for hydroxylation is 2. The minimum atomic E-state index is -4.62. The number of methoxy groups -OCH3 is 2. The van der Waals surface area contributed by atoms with Gasteiger partial charge in [-0.2, -0.15) is 18.3 Å². The summed E-state index contributed by atoms with van der Waals surface area (Å²) in [7, 11) is 2.92. The molecule has 2 heterocycles. The minimum Gasteiger partial charge on any atom is -0.493 e. The molecule has 0 saturated heterocycles. The second kappa shape index (κ2) is 9.33. The lowest BCUT2D eigenvalue weighted by Gasteiger charge is -2.33. The van der Waals surface area contributed by atoms with Gasteiger partial charge in [-0.3, -0.25) is 4.79 Å². The summed E-state index contributed by atoms with van der Waals surface area (Å²) in [5, 5.41) is 9.46. The van der Waals surface area contributed by atoms with E-state index in [0.29, 0.717) is 22.7 Å². The zero-order valence-electron chi connectivity index (χ0n) is 19.5. The van der Waals surface area contributed by atoms with Crippen molar-refractivity contribution in [3.63, 3.8) is 0 Å². The molecule has 0 spiro atoms. The number of amides is 1. The van der Waals surface area contributed by atoms with Crippen molar-refractivity contribution in [2.24, 2.45) is 0 Å². The quantitative estimate of drug-likeness (QED) is 0.436. The Balaban J connectivity index is 1.70. The third-order valence-corrected chi connectivity index (χ3v) is 6.44. The van der Waals surface area contributed by atoms with Crippen LogP contribution in [-0.2, 0) is 0 Å². The molecule has 0 unspecified atom stereocenters. The van der Waals surface area contributed by atoms with Crippen LogP contribution >= 0.6 is 11.6 Å². The summed E-state index contributed by atoms with van der Waals surface area (Å²) in [6, 6.07) is 7.43. The summed E-state index contributed by atoms with van der Waals surface area (Å²) < 4.78 is 53.5. The zero-order chi connectivity index (χ0) is 25.5. The number of ether oxygens (including phenoxy) is 2. The van der Waals surface area contributed by atoms with Crippen molar-refractivity contribution in [1.82, 2.24) is 9.78 Å². The topological polar surface area (TPSA) is 77.4 Å². The summed E-state index contributed by atoms with van der Waals surface area (Å²) in [5.74, 6) is 0.0533. The molecule has 0 radical (unpaired) electrons. The molecule has 35 heavy (non-hydrogen) atoms. The van der Waals surface area contributed by atoms with Crippen molar-refractivity contribution in [3.8, 4) is 11.5 Å². The molecule has 4 rings (SSSR count). The summed E-state index contributed by atoms with van der Waals surface area (Å²) in [5.41, 5.74) is 2.73. The lowest BCUT2D eigenvalue weighted by molar-refractivity contribution is -0.173. The molecule has 2 atom stereocenters. The fourth-order valence-corrected chi connectivity index (χ4v) is 4.30. The molecule has 3 aromatic rings. The Kier molecular flexibility index (Phi) is 6.59. The number of carbonyl (C=O) groups is 1. The van der Waals surface area contributed by atoms with E-state index in [1.165, 1.54) is 14.2 Å². The standard InChI is InChI=1S/C24H24ClF3N4O3/c1-12-5-7-15(9-13(12)2)29-23(33)21-20(25)22-30-16(11-19(24(26,27)28)32(22)31-21)14-6-8-17(34-3)18(10-14)35-4/h5-10,16,19,30H,11H2,1-4H3,(H,29,33)/t16-,19-/m0/s1. The maximum absolute atomic E-state index is 14.1. The Bertz CT molecular complexity index is 1280. The van der Waals surface area contributed by atoms with Crippen molar-refractivity contribution >= 4 is 29.0 Å². The van der Waals surface area contributed by atoms with Gasteiger partial charge in [-0.15, -0.1) is 0 Å². The number of halogens is 4. The van der Waals surface area contributed by atoms with Gasteiger partial charge in [-0.05, 0) is 54.8 Å². The Morgan fingerprint density at radius 2 is 1.83 bits per heavy atom. The highest BCUT2D eigenvalue weighted by atomic mass is 35.5. The highest BCUT2D eigenvalue weighted by molar-refractivity contribution is 6.36. The lowest BCUT2D eigenvalue weighted by atomic mass is 9.96. The van der Waals surface area contributed by atoms with Gasteiger partial charge in [-0.1, -0.05) is 23.7 Å². The molecule has 0 bridgehead atoms. The third kappa shape index (κ3) is 4.75. The lowest BCUT2D eigenvalue weighted by Crippen LogP contribution is -2.35. The monoisotopic (exact) mass is 508 g/mol. The van der Waals surface area contributed by atoms with E-state index in [-0.39, 0.29) is 23.0 Å². The van der Waals surface area contributed by atoms with E-state index in [0.717, 1.165) is 15.8 Å². The number of aromatic nitrogens is 2. The predicted molar refractivity (Wildman–Crippen MR) is 127 cm³/mol. The van der Waals surface area contributed by atoms with Gasteiger partial charge in [0.15, 0.2) is 23.2 Å². The van der Waals surface area contributed by atoms with Gasteiger partial charge in [0.05, 0.1) is 20.3 Å². The van der Waals surface area contributed by atoms with E-state index in [2.05, 4.69) is 15.7 Å². The van der Waals surface area contributed by atoms with E-state index in [1.807, 2.05) is 19.9 Å². The maximum atomic E-state index is 14.1. The minimum absolute atomic E-state index is 0.0785. The maximum Gasteiger partial charge on any atom is 0.410 e. The first-order valence-corrected chi connectivity index (χ1v) is 11.1. The van der Waals surface area contributed by atoms with Crippen LogP contribution in [0.25, 0.3) is 0 Å². The second-order valence-corrected chi connectivity index (χ2v) is 8.69. The van der Waals surface area contributed by atoms with E-state index in [4.69, 9.17) is 21.1 Å². The third-order valence-electron chi connectivity index (χ3n) is 6.09. The van der Waals surface area contributed by atoms with Crippen LogP contribution in [0.4, 0.5) is 24.7 Å². The summed E-state index contributed by atoms with van der Waals surface area (Å²) >= 11 is 6.42. The van der Waals surface area contributed by atoms with Crippen LogP contribution in [0.2, 0.25) is 5.02 Å². The Morgan fingerprint density at radius 3 is 2.46 bits per heavy atom. The fourth-order valence-electron chi connectivity index (χ4n) is 4.03. The van der Waals surface area contributed by atoms with Gasteiger partial charge in [0.1, 0.15) is 10.8 Å². The van der Waals surface area contributed by atoms with Crippen LogP contribution in [0.15, 0.2) is 36.4 Å². The molecule has 1 aliphatic heterocycles. The SMILES string of the molecule is COc1ccc([C@@H]2C[C@@H](C(F)(F)F)n3nc(C(=O)Nc4ccc(C)c(C)c4)c(Cl)c3N2)cc1OC. The van der Waals surface area contributed by atoms with E-state index in [1.54, 1.807) is 30.3 Å². The molecule has 11 heteroatoms. The molecular formula is C24H24ClF3N4O3. The molecule has 2 N–H and O–H groups in total. The largest absolute Gasteiger partial charge is 0.493 e. The molecule has 0 fully saturated rings. The molecule has 186 valence electrons. The molecule has 0 saturated carbocycles. The zero-order valence-corrected chi connectivity index (χ0v) is 20.2. The Hall–Kier alpha value is -3.40. The van der Waals surface area contributed by atoms with Gasteiger partial charge in [-0.25, -0.2) is 4.68 Å². The van der Waals surface area contributed by atoms with E-state index >= 15 is 0 Å². The molecule has 2 aromatic carbocycles. The number of hydrogen-bond acceptors (Lipinski definition) is 5. The number of hydrogen-bond donors (Lipinski definition) is 2. The normalized spacial score (nSPS) is 17.4. The van der Waals surface area contributed by atoms with Gasteiger partial charge >= 0.3 is 6.18 Å². The number of rotatable bonds is 5. The Morgan fingerprint density at radius 1 is 1.11 bits per heavy atom. The molecule has 7 nitrogen and oxygen atoms in total. The van der Waals surface area contributed by atoms with E-state index in [9.17, 15) is 18.0 Å². The number of fused-ring (bicyclic) bond motifs is 1. The molecule has 1 aliphatic rings. The number of alkyl halides is 3. The van der Waals surface area contributed by atoms with Crippen LogP contribution in [0.1, 0.15) is 45.7 Å². The van der Waals surface area contributed by atoms with Crippen molar-refractivity contribution < 1.29 is 27.4 Å². The average Bonchev–Trinajstić information content (AvgIpc) is 3.16. The summed E-state index contributed by atoms with van der Waals surface area (Å²) in [6.07, 6.45) is -4.98. The van der Waals surface area contributed by atoms with Crippen LogP contribution in [0, 0.1) is 13.8 Å². The highest BCUT2D eigenvalue weighted by Gasteiger charge is 2.48. The number of benzene rings is 2. The van der Waals surface area contributed by atoms with Gasteiger partial charge in [0, 0.05) is 12.1 Å². The van der Waals surface area contributed by atoms with Gasteiger partial charge < -0.3 is 20.1 Å². The molecule has 1 amide bonds. The first-order chi connectivity index (χ1) is 16.5. The second-order valence-electron chi connectivity index (χ2n) is 8.31. The predicted octanol–water partition coefficient (Wildman–Crippen LogP) is 6.08. The van der Waals surface area contributed by atoms with Crippen molar-refractivity contribution in [3.05, 3.63) is 63.8 Å². The molecule has 0 aliphatic carbocycles. The van der Waals surface area contributed by atoms with Gasteiger partial charge in [0.2, 0.25) is 0 Å². The smallest absolute Gasteiger partial charge is 0.410 e. The summed E-state index contributed by atoms with van der Waals surface area (Å²) in [6.45, 7) is 3.82. The highest BCUT2D eigenvalue weighted by Crippen LogP contribution is 2.47. The van der Waals surface area contributed by atoms with Crippen LogP contribution in [0.3, 0.4) is 0 Å². The number of nitrogens with zero attached hydrogens (tertiary/aromatic N) is 2. The van der Waals surface area contributed by atoms with Crippen LogP contribution in [0.5, 0.6) is 11.5 Å². The van der Waals surface area contributed by atoms with Crippen molar-refractivity contribution in [1.29, 1.82) is 0 Å². The molecular weight excluding hydrogens is 485 g/mol. The van der Waals surface area contributed by atoms with E-state index < -0.39 is 24.2 Å². The van der Waals surface area contributed by atoms with Crippen molar-refractivity contribution in [2.45, 2.75) is 38.5 Å². The van der Waals surface area contributed by atoms with Crippen LogP contribution < -0.4 is 20.1 Å². The first kappa shape index (κ1) is 24.7. The van der Waals surface area contributed by atoms with Gasteiger partial charge in [0.25, 0.3) is 5.91 Å². The molecule has 1 aromatic heterocycles. The number of anilines is 2. The van der Waals surface area contributed by atoms with Crippen molar-refractivity contribution in [2.75, 3.05) is 24.9 Å². The fraction of sp³-hybridized carbons (Fsp3) is 0.333. The average molecular weight is 509 g/mol. The number of carbonyl (C=O) groups excluding carboxylic acids is 1.